The highest BCUT2D eigenvalue weighted by molar-refractivity contribution is 9.11. The summed E-state index contributed by atoms with van der Waals surface area (Å²) in [6.45, 7) is 2.00. The Morgan fingerprint density at radius 3 is 2.65 bits per heavy atom. The normalized spacial score (nSPS) is 11.8. The number of sulfonamides is 1. The molecule has 9 heteroatoms. The number of benzene rings is 1. The van der Waals surface area contributed by atoms with Crippen molar-refractivity contribution in [1.29, 1.82) is 0 Å². The number of hydrogen-bond donors (Lipinski definition) is 2. The highest BCUT2D eigenvalue weighted by Gasteiger charge is 2.21. The van der Waals surface area contributed by atoms with Crippen molar-refractivity contribution in [3.63, 3.8) is 0 Å². The fourth-order valence-electron chi connectivity index (χ4n) is 1.58. The molecule has 5 nitrogen and oxygen atoms in total. The van der Waals surface area contributed by atoms with Crippen molar-refractivity contribution in [2.75, 3.05) is 5.73 Å². The van der Waals surface area contributed by atoms with Gasteiger partial charge in [-0.2, -0.15) is 0 Å². The third kappa shape index (κ3) is 3.59. The Hall–Kier alpha value is -0.480. The van der Waals surface area contributed by atoms with Gasteiger partial charge in [0, 0.05) is 20.0 Å². The number of anilines is 1. The Bertz CT molecular complexity index is 721. The van der Waals surface area contributed by atoms with Gasteiger partial charge in [-0.1, -0.05) is 15.9 Å². The molecule has 0 spiro atoms. The van der Waals surface area contributed by atoms with Gasteiger partial charge in [0.05, 0.1) is 12.2 Å². The first-order chi connectivity index (χ1) is 9.29. The first kappa shape index (κ1) is 15.9. The van der Waals surface area contributed by atoms with E-state index in [-0.39, 0.29) is 17.1 Å². The molecule has 0 aliphatic rings. The van der Waals surface area contributed by atoms with Gasteiger partial charge in [-0.15, -0.1) is 11.3 Å². The molecule has 2 rings (SSSR count). The van der Waals surface area contributed by atoms with E-state index in [1.54, 1.807) is 12.1 Å². The molecule has 108 valence electrons. The second-order valence-corrected chi connectivity index (χ2v) is 8.43. The predicted molar refractivity (Wildman–Crippen MR) is 87.1 cm³/mol. The first-order valence-electron chi connectivity index (χ1n) is 5.45. The molecular weight excluding hydrogens is 430 g/mol. The van der Waals surface area contributed by atoms with Gasteiger partial charge in [0.1, 0.15) is 9.90 Å². The van der Waals surface area contributed by atoms with Gasteiger partial charge < -0.3 is 5.73 Å². The zero-order valence-electron chi connectivity index (χ0n) is 10.4. The van der Waals surface area contributed by atoms with Gasteiger partial charge in [-0.05, 0) is 35.0 Å². The third-order valence-electron chi connectivity index (χ3n) is 2.39. The van der Waals surface area contributed by atoms with Crippen molar-refractivity contribution >= 4 is 58.9 Å². The number of halogens is 2. The van der Waals surface area contributed by atoms with Crippen molar-refractivity contribution in [2.45, 2.75) is 18.4 Å². The summed E-state index contributed by atoms with van der Waals surface area (Å²) >= 11 is 7.89. The van der Waals surface area contributed by atoms with Crippen LogP contribution in [0.25, 0.3) is 0 Å². The van der Waals surface area contributed by atoms with Crippen LogP contribution in [0.2, 0.25) is 0 Å². The molecule has 1 heterocycles. The summed E-state index contributed by atoms with van der Waals surface area (Å²) in [7, 11) is -3.70. The number of nitrogen functional groups attached to an aromatic ring is 1. The van der Waals surface area contributed by atoms with Crippen LogP contribution in [0.1, 0.15) is 10.7 Å². The Labute approximate surface area is 137 Å². The summed E-state index contributed by atoms with van der Waals surface area (Å²) in [6.07, 6.45) is 0. The fourth-order valence-corrected chi connectivity index (χ4v) is 5.43. The average molecular weight is 441 g/mol. The maximum absolute atomic E-state index is 12.3. The van der Waals surface area contributed by atoms with Crippen LogP contribution in [0, 0.1) is 6.92 Å². The molecule has 0 amide bonds. The van der Waals surface area contributed by atoms with E-state index in [2.05, 4.69) is 41.6 Å². The molecule has 3 N–H and O–H groups in total. The minimum Gasteiger partial charge on any atom is -0.398 e. The SMILES string of the molecule is Cc1csc(CNS(=O)(=O)c2c(N)cc(Br)cc2Br)n1. The molecule has 20 heavy (non-hydrogen) atoms. The number of nitrogens with one attached hydrogen (secondary N) is 1. The average Bonchev–Trinajstić information content (AvgIpc) is 2.71. The molecule has 0 aliphatic carbocycles. The molecule has 0 fully saturated rings. The van der Waals surface area contributed by atoms with E-state index in [1.807, 2.05) is 12.3 Å². The number of nitrogens with two attached hydrogens (primary N) is 1. The van der Waals surface area contributed by atoms with Crippen LogP contribution in [-0.4, -0.2) is 13.4 Å². The van der Waals surface area contributed by atoms with E-state index in [0.29, 0.717) is 14.0 Å². The molecule has 1 aromatic carbocycles. The molecule has 0 radical (unpaired) electrons. The van der Waals surface area contributed by atoms with E-state index in [9.17, 15) is 8.42 Å². The fraction of sp³-hybridized carbons (Fsp3) is 0.182. The summed E-state index contributed by atoms with van der Waals surface area (Å²) in [5.41, 5.74) is 6.83. The summed E-state index contributed by atoms with van der Waals surface area (Å²) in [5, 5.41) is 2.57. The zero-order valence-corrected chi connectivity index (χ0v) is 15.2. The Kier molecular flexibility index (Phi) is 4.85. The summed E-state index contributed by atoms with van der Waals surface area (Å²) in [6, 6.07) is 3.19. The van der Waals surface area contributed by atoms with E-state index in [4.69, 9.17) is 5.73 Å². The van der Waals surface area contributed by atoms with Crippen LogP contribution in [0.15, 0.2) is 31.4 Å². The first-order valence-corrected chi connectivity index (χ1v) is 9.39. The van der Waals surface area contributed by atoms with Crippen molar-refractivity contribution in [2.24, 2.45) is 0 Å². The molecule has 0 bridgehead atoms. The van der Waals surface area contributed by atoms with E-state index < -0.39 is 10.0 Å². The van der Waals surface area contributed by atoms with Gasteiger partial charge in [0.2, 0.25) is 10.0 Å². The van der Waals surface area contributed by atoms with E-state index in [1.165, 1.54) is 11.3 Å². The minimum atomic E-state index is -3.70. The topological polar surface area (TPSA) is 85.1 Å². The molecular formula is C11H11Br2N3O2S2. The van der Waals surface area contributed by atoms with Gasteiger partial charge in [0.15, 0.2) is 0 Å². The predicted octanol–water partition coefficient (Wildman–Crippen LogP) is 3.04. The Morgan fingerprint density at radius 2 is 2.10 bits per heavy atom. The minimum absolute atomic E-state index is 0.0361. The van der Waals surface area contributed by atoms with Gasteiger partial charge >= 0.3 is 0 Å². The lowest BCUT2D eigenvalue weighted by molar-refractivity contribution is 0.581. The molecule has 0 saturated carbocycles. The van der Waals surface area contributed by atoms with E-state index in [0.717, 1.165) is 5.69 Å². The standard InChI is InChI=1S/C11H11Br2N3O2S2/c1-6-5-19-10(16-6)4-15-20(17,18)11-8(13)2-7(12)3-9(11)14/h2-3,5,15H,4,14H2,1H3. The molecule has 1 aromatic heterocycles. The van der Waals surface area contributed by atoms with Gasteiger partial charge in [-0.25, -0.2) is 18.1 Å². The molecule has 0 unspecified atom stereocenters. The summed E-state index contributed by atoms with van der Waals surface area (Å²) in [5.74, 6) is 0. The molecule has 0 saturated heterocycles. The van der Waals surface area contributed by atoms with Crippen LogP contribution in [0.4, 0.5) is 5.69 Å². The number of nitrogens with zero attached hydrogens (tertiary/aromatic N) is 1. The second kappa shape index (κ2) is 6.10. The molecule has 0 aliphatic heterocycles. The third-order valence-corrected chi connectivity index (χ3v) is 6.22. The second-order valence-electron chi connectivity index (χ2n) is 4.01. The zero-order chi connectivity index (χ0) is 14.9. The van der Waals surface area contributed by atoms with Crippen molar-refractivity contribution < 1.29 is 8.42 Å². The molecule has 2 aromatic rings. The van der Waals surface area contributed by atoms with Crippen LogP contribution >= 0.6 is 43.2 Å². The lowest BCUT2D eigenvalue weighted by atomic mass is 10.3. The van der Waals surface area contributed by atoms with Crippen molar-refractivity contribution in [3.8, 4) is 0 Å². The van der Waals surface area contributed by atoms with Crippen LogP contribution in [-0.2, 0) is 16.6 Å². The monoisotopic (exact) mass is 439 g/mol. The Balaban J connectivity index is 2.27. The quantitative estimate of drug-likeness (QED) is 0.715. The number of aromatic nitrogens is 1. The van der Waals surface area contributed by atoms with Crippen LogP contribution in [0.3, 0.4) is 0 Å². The Morgan fingerprint density at radius 1 is 1.40 bits per heavy atom. The lowest BCUT2D eigenvalue weighted by Gasteiger charge is -2.10. The number of thiazole rings is 1. The largest absolute Gasteiger partial charge is 0.398 e. The van der Waals surface area contributed by atoms with Gasteiger partial charge in [0.25, 0.3) is 0 Å². The van der Waals surface area contributed by atoms with Crippen molar-refractivity contribution in [1.82, 2.24) is 9.71 Å². The van der Waals surface area contributed by atoms with E-state index >= 15 is 0 Å². The number of rotatable bonds is 4. The number of aryl methyl sites for hydroxylation is 1. The van der Waals surface area contributed by atoms with Gasteiger partial charge in [-0.3, -0.25) is 0 Å². The maximum Gasteiger partial charge on any atom is 0.244 e. The molecule has 0 atom stereocenters. The summed E-state index contributed by atoms with van der Waals surface area (Å²) in [4.78, 5) is 4.24. The van der Waals surface area contributed by atoms with Crippen LogP contribution in [0.5, 0.6) is 0 Å². The summed E-state index contributed by atoms with van der Waals surface area (Å²) < 4.78 is 28.2. The highest BCUT2D eigenvalue weighted by atomic mass is 79.9. The van der Waals surface area contributed by atoms with Crippen molar-refractivity contribution in [3.05, 3.63) is 37.2 Å². The highest BCUT2D eigenvalue weighted by Crippen LogP contribution is 2.31. The lowest BCUT2D eigenvalue weighted by Crippen LogP contribution is -2.24. The van der Waals surface area contributed by atoms with Crippen LogP contribution < -0.4 is 10.5 Å². The smallest absolute Gasteiger partial charge is 0.244 e. The maximum atomic E-state index is 12.3. The number of hydrogen-bond acceptors (Lipinski definition) is 5.